The molecule has 0 radical (unpaired) electrons. The molecule has 0 aliphatic heterocycles. The molecule has 0 N–H and O–H groups in total. The van der Waals surface area contributed by atoms with Crippen LogP contribution in [-0.2, 0) is 6.54 Å². The van der Waals surface area contributed by atoms with Gasteiger partial charge in [-0.2, -0.15) is 5.26 Å². The summed E-state index contributed by atoms with van der Waals surface area (Å²) in [5.41, 5.74) is 1.04. The van der Waals surface area contributed by atoms with Crippen molar-refractivity contribution >= 4 is 0 Å². The average Bonchev–Trinajstić information content (AvgIpc) is 2.78. The molecular weight excluding hydrogens is 238 g/mol. The number of ether oxygens (including phenoxy) is 1. The predicted octanol–water partition coefficient (Wildman–Crippen LogP) is -1.70. The smallest absolute Gasteiger partial charge is 0.249 e. The van der Waals surface area contributed by atoms with Gasteiger partial charge in [0, 0.05) is 0 Å². The van der Waals surface area contributed by atoms with Gasteiger partial charge in [-0.05, 0) is 24.3 Å². The summed E-state index contributed by atoms with van der Waals surface area (Å²) in [7, 11) is 1.64. The summed E-state index contributed by atoms with van der Waals surface area (Å²) in [5.74, 6) is 0.834. The van der Waals surface area contributed by atoms with Crippen LogP contribution < -0.4 is 21.7 Å². The molecule has 5 heteroatoms. The molecule has 0 aliphatic carbocycles. The fourth-order valence-electron chi connectivity index (χ4n) is 1.48. The molecule has 1 aromatic heterocycles. The molecule has 17 heavy (non-hydrogen) atoms. The molecule has 0 spiro atoms. The van der Waals surface area contributed by atoms with Crippen LogP contribution >= 0.6 is 0 Å². The van der Waals surface area contributed by atoms with E-state index in [1.807, 2.05) is 52.1 Å². The zero-order valence-corrected chi connectivity index (χ0v) is 10.1. The maximum absolute atomic E-state index is 8.57. The fourth-order valence-corrected chi connectivity index (χ4v) is 1.48. The van der Waals surface area contributed by atoms with E-state index < -0.39 is 0 Å². The van der Waals surface area contributed by atoms with Gasteiger partial charge < -0.3 is 17.1 Å². The van der Waals surface area contributed by atoms with E-state index in [0.717, 1.165) is 11.4 Å². The topological polar surface area (TPSA) is 41.8 Å². The van der Waals surface area contributed by atoms with Crippen molar-refractivity contribution in [3.8, 4) is 17.5 Å². The number of benzene rings is 1. The van der Waals surface area contributed by atoms with E-state index in [1.54, 1.807) is 7.11 Å². The highest BCUT2D eigenvalue weighted by Gasteiger charge is 2.05. The number of hydrogen-bond acceptors (Lipinski definition) is 2. The molecule has 88 valence electrons. The maximum Gasteiger partial charge on any atom is 0.249 e. The molecule has 1 heterocycles. The summed E-state index contributed by atoms with van der Waals surface area (Å²) >= 11 is 0. The van der Waals surface area contributed by atoms with Crippen molar-refractivity contribution in [3.05, 3.63) is 43.0 Å². The number of methoxy groups -OCH3 is 1. The largest absolute Gasteiger partial charge is 1.00 e. The standard InChI is InChI=1S/C12H12N3O.ClH/c1-16-12-4-2-11(3-5-12)15-9-8-14(10-15)7-6-13;/h2-5,8-10H,7H2,1H3;1H/q+1;/p-1. The average molecular weight is 250 g/mol. The Morgan fingerprint density at radius 1 is 1.35 bits per heavy atom. The summed E-state index contributed by atoms with van der Waals surface area (Å²) in [5, 5.41) is 8.57. The lowest BCUT2D eigenvalue weighted by molar-refractivity contribution is -0.684. The van der Waals surface area contributed by atoms with Crippen LogP contribution in [0.2, 0.25) is 0 Å². The highest BCUT2D eigenvalue weighted by Crippen LogP contribution is 2.13. The Hall–Kier alpha value is -1.99. The SMILES string of the molecule is COc1ccc(-n2cc[n+](CC#N)c2)cc1.[Cl-]. The molecule has 0 saturated heterocycles. The van der Waals surface area contributed by atoms with Gasteiger partial charge >= 0.3 is 0 Å². The van der Waals surface area contributed by atoms with Crippen molar-refractivity contribution in [1.29, 1.82) is 5.26 Å². The van der Waals surface area contributed by atoms with E-state index >= 15 is 0 Å². The Labute approximate surface area is 106 Å². The minimum atomic E-state index is 0. The third kappa shape index (κ3) is 2.99. The second-order valence-corrected chi connectivity index (χ2v) is 3.35. The number of halogens is 1. The zero-order chi connectivity index (χ0) is 11.4. The molecule has 2 aromatic rings. The van der Waals surface area contributed by atoms with Crippen molar-refractivity contribution in [2.24, 2.45) is 0 Å². The first kappa shape index (κ1) is 13.1. The minimum Gasteiger partial charge on any atom is -1.00 e. The van der Waals surface area contributed by atoms with E-state index in [2.05, 4.69) is 6.07 Å². The van der Waals surface area contributed by atoms with Crippen molar-refractivity contribution in [3.63, 3.8) is 0 Å². The second kappa shape index (κ2) is 5.92. The van der Waals surface area contributed by atoms with E-state index in [-0.39, 0.29) is 12.4 Å². The molecule has 2 rings (SSSR count). The molecular formula is C12H12ClN3O. The second-order valence-electron chi connectivity index (χ2n) is 3.35. The van der Waals surface area contributed by atoms with Gasteiger partial charge in [-0.1, -0.05) is 0 Å². The highest BCUT2D eigenvalue weighted by molar-refractivity contribution is 5.36. The number of hydrogen-bond donors (Lipinski definition) is 0. The predicted molar refractivity (Wildman–Crippen MR) is 58.1 cm³/mol. The Morgan fingerprint density at radius 2 is 2.06 bits per heavy atom. The van der Waals surface area contributed by atoms with Crippen LogP contribution in [0.1, 0.15) is 0 Å². The highest BCUT2D eigenvalue weighted by atomic mass is 35.5. The van der Waals surface area contributed by atoms with Gasteiger partial charge in [0.15, 0.2) is 6.54 Å². The number of rotatable bonds is 3. The summed E-state index contributed by atoms with van der Waals surface area (Å²) < 4.78 is 8.87. The molecule has 0 atom stereocenters. The van der Waals surface area contributed by atoms with Gasteiger partial charge in [0.25, 0.3) is 0 Å². The summed E-state index contributed by atoms with van der Waals surface area (Å²) in [6.45, 7) is 0.364. The van der Waals surface area contributed by atoms with Crippen LogP contribution in [0.5, 0.6) is 5.75 Å². The molecule has 4 nitrogen and oxygen atoms in total. The van der Waals surface area contributed by atoms with Gasteiger partial charge in [-0.25, -0.2) is 9.13 Å². The lowest BCUT2D eigenvalue weighted by atomic mass is 10.3. The third-order valence-electron chi connectivity index (χ3n) is 2.32. The van der Waals surface area contributed by atoms with Crippen LogP contribution in [0.3, 0.4) is 0 Å². The van der Waals surface area contributed by atoms with Crippen LogP contribution in [0.25, 0.3) is 5.69 Å². The number of aromatic nitrogens is 2. The third-order valence-corrected chi connectivity index (χ3v) is 2.32. The summed E-state index contributed by atoms with van der Waals surface area (Å²) in [4.78, 5) is 0. The minimum absolute atomic E-state index is 0. The normalized spacial score (nSPS) is 9.18. The van der Waals surface area contributed by atoms with Crippen molar-refractivity contribution in [2.75, 3.05) is 7.11 Å². The number of imidazole rings is 1. The molecule has 0 saturated carbocycles. The van der Waals surface area contributed by atoms with Crippen molar-refractivity contribution in [2.45, 2.75) is 6.54 Å². The van der Waals surface area contributed by atoms with E-state index in [9.17, 15) is 0 Å². The number of nitrogens with zero attached hydrogens (tertiary/aromatic N) is 3. The Balaban J connectivity index is 0.00000144. The molecule has 0 bridgehead atoms. The maximum atomic E-state index is 8.57. The number of nitriles is 1. The Bertz CT molecular complexity index is 513. The molecule has 0 fully saturated rings. The Morgan fingerprint density at radius 3 is 2.65 bits per heavy atom. The first-order valence-corrected chi connectivity index (χ1v) is 4.92. The molecule has 0 unspecified atom stereocenters. The zero-order valence-electron chi connectivity index (χ0n) is 9.38. The van der Waals surface area contributed by atoms with Crippen LogP contribution in [0.4, 0.5) is 0 Å². The van der Waals surface area contributed by atoms with Gasteiger partial charge in [-0.3, -0.25) is 0 Å². The fraction of sp³-hybridized carbons (Fsp3) is 0.167. The van der Waals surface area contributed by atoms with Crippen LogP contribution in [-0.4, -0.2) is 11.7 Å². The first-order chi connectivity index (χ1) is 7.83. The van der Waals surface area contributed by atoms with Gasteiger partial charge in [-0.15, -0.1) is 0 Å². The van der Waals surface area contributed by atoms with E-state index in [0.29, 0.717) is 6.54 Å². The van der Waals surface area contributed by atoms with Crippen molar-refractivity contribution in [1.82, 2.24) is 4.57 Å². The van der Waals surface area contributed by atoms with E-state index in [4.69, 9.17) is 10.00 Å². The summed E-state index contributed by atoms with van der Waals surface area (Å²) in [6, 6.07) is 9.85. The quantitative estimate of drug-likeness (QED) is 0.609. The van der Waals surface area contributed by atoms with Crippen LogP contribution in [0.15, 0.2) is 43.0 Å². The molecule has 1 aromatic carbocycles. The van der Waals surface area contributed by atoms with E-state index in [1.165, 1.54) is 0 Å². The lowest BCUT2D eigenvalue weighted by Gasteiger charge is -1.99. The van der Waals surface area contributed by atoms with Gasteiger partial charge in [0.2, 0.25) is 6.33 Å². The lowest BCUT2D eigenvalue weighted by Crippen LogP contribution is -3.00. The Kier molecular flexibility index (Phi) is 4.56. The monoisotopic (exact) mass is 249 g/mol. The molecule has 0 amide bonds. The van der Waals surface area contributed by atoms with Crippen molar-refractivity contribution < 1.29 is 21.7 Å². The van der Waals surface area contributed by atoms with Gasteiger partial charge in [0.05, 0.1) is 7.11 Å². The first-order valence-electron chi connectivity index (χ1n) is 4.92. The molecule has 0 aliphatic rings. The van der Waals surface area contributed by atoms with Gasteiger partial charge in [0.1, 0.15) is 29.9 Å². The summed E-state index contributed by atoms with van der Waals surface area (Å²) in [6.07, 6.45) is 5.66. The van der Waals surface area contributed by atoms with Crippen LogP contribution in [0, 0.1) is 11.3 Å².